The van der Waals surface area contributed by atoms with Crippen LogP contribution < -0.4 is 5.32 Å². The number of unbranched alkanes of at least 4 members (excludes halogenated alkanes) is 1. The van der Waals surface area contributed by atoms with Crippen LogP contribution in [0.3, 0.4) is 0 Å². The highest BCUT2D eigenvalue weighted by Gasteiger charge is 2.32. The first-order valence-corrected chi connectivity index (χ1v) is 9.25. The van der Waals surface area contributed by atoms with E-state index >= 15 is 0 Å². The number of anilines is 1. The van der Waals surface area contributed by atoms with Gasteiger partial charge in [0, 0.05) is 19.2 Å². The van der Waals surface area contributed by atoms with E-state index in [-0.39, 0.29) is 24.1 Å². The number of nitrogens with one attached hydrogen (secondary N) is 1. The Morgan fingerprint density at radius 3 is 2.95 bits per heavy atom. The lowest BCUT2D eigenvalue weighted by atomic mass is 9.99. The lowest BCUT2D eigenvalue weighted by Gasteiger charge is -2.31. The van der Waals surface area contributed by atoms with Gasteiger partial charge in [0.15, 0.2) is 5.82 Å². The zero-order valence-corrected chi connectivity index (χ0v) is 13.9. The van der Waals surface area contributed by atoms with E-state index in [2.05, 4.69) is 10.5 Å². The molecule has 2 rings (SSSR count). The molecule has 0 aliphatic carbocycles. The highest BCUT2D eigenvalue weighted by Crippen LogP contribution is 2.21. The highest BCUT2D eigenvalue weighted by atomic mass is 32.2. The summed E-state index contributed by atoms with van der Waals surface area (Å²) in [5, 5.41) is 6.40. The van der Waals surface area contributed by atoms with Crippen molar-refractivity contribution in [3.05, 3.63) is 11.8 Å². The summed E-state index contributed by atoms with van der Waals surface area (Å²) < 4.78 is 30.8. The maximum atomic E-state index is 12.2. The van der Waals surface area contributed by atoms with E-state index < -0.39 is 10.0 Å². The number of carbonyl (C=O) groups excluding carboxylic acids is 1. The average molecular weight is 329 g/mol. The summed E-state index contributed by atoms with van der Waals surface area (Å²) in [5.74, 6) is 0.586. The first-order valence-electron chi connectivity index (χ1n) is 7.64. The number of aryl methyl sites for hydroxylation is 1. The summed E-state index contributed by atoms with van der Waals surface area (Å²) in [6.07, 6.45) is 2.86. The largest absolute Gasteiger partial charge is 0.360 e. The fourth-order valence-corrected chi connectivity index (χ4v) is 4.24. The summed E-state index contributed by atoms with van der Waals surface area (Å²) in [6, 6.07) is 1.64. The Morgan fingerprint density at radius 2 is 2.32 bits per heavy atom. The zero-order valence-electron chi connectivity index (χ0n) is 13.0. The monoisotopic (exact) mass is 329 g/mol. The van der Waals surface area contributed by atoms with Gasteiger partial charge in [0.2, 0.25) is 15.9 Å². The molecule has 124 valence electrons. The Morgan fingerprint density at radius 1 is 1.55 bits per heavy atom. The number of piperidine rings is 1. The smallest absolute Gasteiger partial charge is 0.230 e. The molecule has 1 N–H and O–H groups in total. The molecule has 1 atom stereocenters. The minimum atomic E-state index is -3.26. The number of hydrogen-bond donors (Lipinski definition) is 1. The van der Waals surface area contributed by atoms with Crippen LogP contribution in [0.2, 0.25) is 0 Å². The molecule has 1 aromatic rings. The zero-order chi connectivity index (χ0) is 16.2. The summed E-state index contributed by atoms with van der Waals surface area (Å²) >= 11 is 0. The summed E-state index contributed by atoms with van der Waals surface area (Å²) in [6.45, 7) is 4.45. The van der Waals surface area contributed by atoms with Gasteiger partial charge in [-0.1, -0.05) is 18.5 Å². The summed E-state index contributed by atoms with van der Waals surface area (Å²) in [7, 11) is -3.26. The minimum absolute atomic E-state index is 0.153. The van der Waals surface area contributed by atoms with Gasteiger partial charge in [-0.05, 0) is 26.2 Å². The molecule has 22 heavy (non-hydrogen) atoms. The van der Waals surface area contributed by atoms with Crippen molar-refractivity contribution in [2.45, 2.75) is 39.5 Å². The molecule has 0 spiro atoms. The summed E-state index contributed by atoms with van der Waals surface area (Å²) in [5.41, 5.74) is 0. The first kappa shape index (κ1) is 17.0. The predicted molar refractivity (Wildman–Crippen MR) is 82.9 cm³/mol. The Bertz CT molecular complexity index is 611. The van der Waals surface area contributed by atoms with Gasteiger partial charge < -0.3 is 9.84 Å². The SMILES string of the molecule is CCCCS(=O)(=O)N1CCC[C@H](C(=O)Nc2cc(C)on2)C1. The quantitative estimate of drug-likeness (QED) is 0.858. The molecule has 2 heterocycles. The Hall–Kier alpha value is -1.41. The molecule has 0 unspecified atom stereocenters. The van der Waals surface area contributed by atoms with Crippen molar-refractivity contribution in [2.75, 3.05) is 24.2 Å². The van der Waals surface area contributed by atoms with Gasteiger partial charge in [-0.25, -0.2) is 12.7 Å². The van der Waals surface area contributed by atoms with Crippen LogP contribution in [0.25, 0.3) is 0 Å². The van der Waals surface area contributed by atoms with Crippen LogP contribution in [0.15, 0.2) is 10.6 Å². The third kappa shape index (κ3) is 4.30. The maximum Gasteiger partial charge on any atom is 0.230 e. The predicted octanol–water partition coefficient (Wildman–Crippen LogP) is 1.76. The van der Waals surface area contributed by atoms with Crippen LogP contribution in [0.4, 0.5) is 5.82 Å². The molecule has 1 aromatic heterocycles. The number of sulfonamides is 1. The molecule has 1 aliphatic heterocycles. The Labute approximate surface area is 131 Å². The second kappa shape index (κ2) is 7.23. The summed E-state index contributed by atoms with van der Waals surface area (Å²) in [4.78, 5) is 12.2. The van der Waals surface area contributed by atoms with Crippen molar-refractivity contribution in [2.24, 2.45) is 5.92 Å². The van der Waals surface area contributed by atoms with Crippen LogP contribution in [0.1, 0.15) is 38.4 Å². The number of carbonyl (C=O) groups is 1. The molecule has 0 saturated carbocycles. The third-order valence-electron chi connectivity index (χ3n) is 3.78. The lowest BCUT2D eigenvalue weighted by Crippen LogP contribution is -2.44. The number of rotatable bonds is 6. The van der Waals surface area contributed by atoms with E-state index in [4.69, 9.17) is 4.52 Å². The van der Waals surface area contributed by atoms with Crippen LogP contribution in [-0.2, 0) is 14.8 Å². The molecule has 0 bridgehead atoms. The molecule has 8 heteroatoms. The van der Waals surface area contributed by atoms with Crippen LogP contribution >= 0.6 is 0 Å². The molecule has 7 nitrogen and oxygen atoms in total. The van der Waals surface area contributed by atoms with E-state index in [1.54, 1.807) is 13.0 Å². The van der Waals surface area contributed by atoms with Gasteiger partial charge in [0.05, 0.1) is 11.7 Å². The molecular weight excluding hydrogens is 306 g/mol. The van der Waals surface area contributed by atoms with E-state index in [0.29, 0.717) is 37.4 Å². The number of hydrogen-bond acceptors (Lipinski definition) is 5. The standard InChI is InChI=1S/C14H23N3O4S/c1-3-4-8-22(19,20)17-7-5-6-12(10-17)14(18)15-13-9-11(2)21-16-13/h9,12H,3-8,10H2,1-2H3,(H,15,16,18)/t12-/m0/s1. The Balaban J connectivity index is 1.96. The van der Waals surface area contributed by atoms with Crippen molar-refractivity contribution in [3.8, 4) is 0 Å². The molecule has 1 saturated heterocycles. The fraction of sp³-hybridized carbons (Fsp3) is 0.714. The maximum absolute atomic E-state index is 12.2. The van der Waals surface area contributed by atoms with E-state index in [1.807, 2.05) is 6.92 Å². The lowest BCUT2D eigenvalue weighted by molar-refractivity contribution is -0.120. The second-order valence-corrected chi connectivity index (χ2v) is 7.77. The molecule has 0 radical (unpaired) electrons. The highest BCUT2D eigenvalue weighted by molar-refractivity contribution is 7.89. The van der Waals surface area contributed by atoms with Crippen molar-refractivity contribution in [3.63, 3.8) is 0 Å². The average Bonchev–Trinajstić information content (AvgIpc) is 2.90. The van der Waals surface area contributed by atoms with Gasteiger partial charge >= 0.3 is 0 Å². The normalized spacial score (nSPS) is 20.0. The first-order chi connectivity index (χ1) is 10.4. The molecule has 1 amide bonds. The van der Waals surface area contributed by atoms with Crippen LogP contribution in [-0.4, -0.2) is 42.6 Å². The van der Waals surface area contributed by atoms with Gasteiger partial charge in [-0.15, -0.1) is 0 Å². The fourth-order valence-electron chi connectivity index (χ4n) is 2.52. The molecular formula is C14H23N3O4S. The van der Waals surface area contributed by atoms with Crippen molar-refractivity contribution >= 4 is 21.7 Å². The number of nitrogens with zero attached hydrogens (tertiary/aromatic N) is 2. The van der Waals surface area contributed by atoms with Gasteiger partial charge in [-0.2, -0.15) is 0 Å². The minimum Gasteiger partial charge on any atom is -0.360 e. The van der Waals surface area contributed by atoms with Gasteiger partial charge in [0.1, 0.15) is 5.76 Å². The number of aromatic nitrogens is 1. The topological polar surface area (TPSA) is 92.5 Å². The van der Waals surface area contributed by atoms with Crippen molar-refractivity contribution < 1.29 is 17.7 Å². The van der Waals surface area contributed by atoms with E-state index in [0.717, 1.165) is 6.42 Å². The molecule has 0 aromatic carbocycles. The van der Waals surface area contributed by atoms with Crippen molar-refractivity contribution in [1.29, 1.82) is 0 Å². The van der Waals surface area contributed by atoms with Gasteiger partial charge in [0.25, 0.3) is 0 Å². The van der Waals surface area contributed by atoms with Crippen LogP contribution in [0.5, 0.6) is 0 Å². The molecule has 1 aliphatic rings. The molecule has 1 fully saturated rings. The van der Waals surface area contributed by atoms with Crippen molar-refractivity contribution in [1.82, 2.24) is 9.46 Å². The second-order valence-electron chi connectivity index (χ2n) is 5.68. The third-order valence-corrected chi connectivity index (χ3v) is 5.71. The Kier molecular flexibility index (Phi) is 5.57. The van der Waals surface area contributed by atoms with Crippen LogP contribution in [0, 0.1) is 12.8 Å². The van der Waals surface area contributed by atoms with E-state index in [1.165, 1.54) is 4.31 Å². The number of amides is 1. The van der Waals surface area contributed by atoms with E-state index in [9.17, 15) is 13.2 Å². The van der Waals surface area contributed by atoms with Gasteiger partial charge in [-0.3, -0.25) is 4.79 Å².